The molecule has 1 rings (SSSR count). The Labute approximate surface area is 95.8 Å². The van der Waals surface area contributed by atoms with E-state index in [1.165, 1.54) is 0 Å². The zero-order valence-corrected chi connectivity index (χ0v) is 9.90. The molecule has 1 atom stereocenters. The SMILES string of the molecule is CC(C)CCN1CC(=O)NCC1CC(=O)O. The standard InChI is InChI=1S/C11H20N2O3/c1-8(2)3-4-13-7-10(14)12-6-9(13)5-11(15)16/h8-9H,3-7H2,1-2H3,(H,12,14)(H,15,16). The van der Waals surface area contributed by atoms with Crippen LogP contribution in [0.2, 0.25) is 0 Å². The first-order chi connectivity index (χ1) is 7.49. The van der Waals surface area contributed by atoms with E-state index in [4.69, 9.17) is 5.11 Å². The van der Waals surface area contributed by atoms with E-state index in [1.807, 2.05) is 4.90 Å². The molecule has 0 aliphatic carbocycles. The van der Waals surface area contributed by atoms with Gasteiger partial charge in [0.05, 0.1) is 13.0 Å². The van der Waals surface area contributed by atoms with Crippen molar-refractivity contribution in [3.05, 3.63) is 0 Å². The van der Waals surface area contributed by atoms with Gasteiger partial charge in [-0.25, -0.2) is 0 Å². The molecule has 1 heterocycles. The lowest BCUT2D eigenvalue weighted by atomic mass is 10.1. The number of piperazine rings is 1. The first-order valence-corrected chi connectivity index (χ1v) is 5.71. The molecule has 1 amide bonds. The highest BCUT2D eigenvalue weighted by Gasteiger charge is 2.27. The molecule has 5 heteroatoms. The molecule has 0 radical (unpaired) electrons. The van der Waals surface area contributed by atoms with Crippen molar-refractivity contribution in [3.8, 4) is 0 Å². The fourth-order valence-electron chi connectivity index (χ4n) is 1.82. The summed E-state index contributed by atoms with van der Waals surface area (Å²) in [6.07, 6.45) is 1.09. The van der Waals surface area contributed by atoms with Crippen molar-refractivity contribution >= 4 is 11.9 Å². The predicted molar refractivity (Wildman–Crippen MR) is 60.1 cm³/mol. The number of carboxylic acids is 1. The van der Waals surface area contributed by atoms with Crippen LogP contribution in [0.25, 0.3) is 0 Å². The minimum absolute atomic E-state index is 0.00889. The van der Waals surface area contributed by atoms with Gasteiger partial charge in [0, 0.05) is 12.6 Å². The second kappa shape index (κ2) is 5.84. The number of hydrogen-bond acceptors (Lipinski definition) is 3. The van der Waals surface area contributed by atoms with Crippen molar-refractivity contribution < 1.29 is 14.7 Å². The minimum Gasteiger partial charge on any atom is -0.481 e. The molecule has 2 N–H and O–H groups in total. The van der Waals surface area contributed by atoms with E-state index in [9.17, 15) is 9.59 Å². The van der Waals surface area contributed by atoms with E-state index < -0.39 is 5.97 Å². The molecule has 1 aliphatic rings. The summed E-state index contributed by atoms with van der Waals surface area (Å²) in [5.41, 5.74) is 0. The fraction of sp³-hybridized carbons (Fsp3) is 0.818. The quantitative estimate of drug-likeness (QED) is 0.710. The number of aliphatic carboxylic acids is 1. The van der Waals surface area contributed by atoms with Crippen LogP contribution in [0, 0.1) is 5.92 Å². The van der Waals surface area contributed by atoms with Gasteiger partial charge >= 0.3 is 5.97 Å². The van der Waals surface area contributed by atoms with Crippen LogP contribution in [0.15, 0.2) is 0 Å². The summed E-state index contributed by atoms with van der Waals surface area (Å²) in [6.45, 7) is 5.81. The Morgan fingerprint density at radius 2 is 2.31 bits per heavy atom. The number of nitrogens with one attached hydrogen (secondary N) is 1. The predicted octanol–water partition coefficient (Wildman–Crippen LogP) is 0.308. The number of rotatable bonds is 5. The number of carbonyl (C=O) groups excluding carboxylic acids is 1. The van der Waals surface area contributed by atoms with Crippen LogP contribution >= 0.6 is 0 Å². The minimum atomic E-state index is -0.810. The molecule has 1 aliphatic heterocycles. The van der Waals surface area contributed by atoms with Crippen molar-refractivity contribution in [1.82, 2.24) is 10.2 Å². The molecule has 0 bridgehead atoms. The Balaban J connectivity index is 2.50. The van der Waals surface area contributed by atoms with E-state index in [2.05, 4.69) is 19.2 Å². The molecule has 0 aromatic heterocycles. The first-order valence-electron chi connectivity index (χ1n) is 5.71. The number of carbonyl (C=O) groups is 2. The lowest BCUT2D eigenvalue weighted by molar-refractivity contribution is -0.140. The van der Waals surface area contributed by atoms with Crippen molar-refractivity contribution in [2.24, 2.45) is 5.92 Å². The van der Waals surface area contributed by atoms with Crippen LogP contribution < -0.4 is 5.32 Å². The normalized spacial score (nSPS) is 22.2. The Morgan fingerprint density at radius 1 is 1.62 bits per heavy atom. The van der Waals surface area contributed by atoms with Crippen LogP contribution in [0.3, 0.4) is 0 Å². The van der Waals surface area contributed by atoms with E-state index >= 15 is 0 Å². The van der Waals surface area contributed by atoms with Gasteiger partial charge in [0.1, 0.15) is 0 Å². The average molecular weight is 228 g/mol. The molecular formula is C11H20N2O3. The molecule has 92 valence electrons. The van der Waals surface area contributed by atoms with Gasteiger partial charge in [0.15, 0.2) is 0 Å². The Kier molecular flexibility index (Phi) is 4.73. The van der Waals surface area contributed by atoms with Crippen LogP contribution in [0.5, 0.6) is 0 Å². The first kappa shape index (κ1) is 13.0. The summed E-state index contributed by atoms with van der Waals surface area (Å²) in [4.78, 5) is 23.9. The topological polar surface area (TPSA) is 69.6 Å². The fourth-order valence-corrected chi connectivity index (χ4v) is 1.82. The van der Waals surface area contributed by atoms with Crippen LogP contribution in [-0.2, 0) is 9.59 Å². The molecule has 1 saturated heterocycles. The van der Waals surface area contributed by atoms with Crippen molar-refractivity contribution in [3.63, 3.8) is 0 Å². The Bertz CT molecular complexity index is 266. The average Bonchev–Trinajstić information content (AvgIpc) is 2.17. The Morgan fingerprint density at radius 3 is 2.88 bits per heavy atom. The van der Waals surface area contributed by atoms with Gasteiger partial charge in [-0.05, 0) is 18.9 Å². The number of amides is 1. The highest BCUT2D eigenvalue weighted by atomic mass is 16.4. The van der Waals surface area contributed by atoms with E-state index in [0.717, 1.165) is 13.0 Å². The molecule has 1 unspecified atom stereocenters. The number of hydrogen-bond donors (Lipinski definition) is 2. The molecule has 0 aromatic carbocycles. The van der Waals surface area contributed by atoms with Crippen molar-refractivity contribution in [2.75, 3.05) is 19.6 Å². The summed E-state index contributed by atoms with van der Waals surface area (Å²) < 4.78 is 0. The molecule has 1 fully saturated rings. The third-order valence-corrected chi connectivity index (χ3v) is 2.80. The zero-order valence-electron chi connectivity index (χ0n) is 9.90. The largest absolute Gasteiger partial charge is 0.481 e. The lowest BCUT2D eigenvalue weighted by Gasteiger charge is -2.35. The third-order valence-electron chi connectivity index (χ3n) is 2.80. The van der Waals surface area contributed by atoms with Crippen LogP contribution in [0.1, 0.15) is 26.7 Å². The second-order valence-electron chi connectivity index (χ2n) is 4.71. The van der Waals surface area contributed by atoms with Crippen LogP contribution in [0.4, 0.5) is 0 Å². The van der Waals surface area contributed by atoms with Gasteiger partial charge in [0.2, 0.25) is 5.91 Å². The van der Waals surface area contributed by atoms with Gasteiger partial charge in [-0.15, -0.1) is 0 Å². The summed E-state index contributed by atoms with van der Waals surface area (Å²) >= 11 is 0. The second-order valence-corrected chi connectivity index (χ2v) is 4.71. The molecule has 0 saturated carbocycles. The third kappa shape index (κ3) is 4.18. The zero-order chi connectivity index (χ0) is 12.1. The van der Waals surface area contributed by atoms with E-state index in [1.54, 1.807) is 0 Å². The smallest absolute Gasteiger partial charge is 0.305 e. The molecular weight excluding hydrogens is 208 g/mol. The lowest BCUT2D eigenvalue weighted by Crippen LogP contribution is -2.55. The number of carboxylic acid groups (broad SMARTS) is 1. The molecule has 0 spiro atoms. The van der Waals surface area contributed by atoms with Gasteiger partial charge in [-0.2, -0.15) is 0 Å². The summed E-state index contributed by atoms with van der Waals surface area (Å²) in [7, 11) is 0. The molecule has 16 heavy (non-hydrogen) atoms. The maximum atomic E-state index is 11.2. The van der Waals surface area contributed by atoms with Gasteiger partial charge in [0.25, 0.3) is 0 Å². The number of nitrogens with zero attached hydrogens (tertiary/aromatic N) is 1. The summed E-state index contributed by atoms with van der Waals surface area (Å²) in [5.74, 6) is -0.253. The summed E-state index contributed by atoms with van der Waals surface area (Å²) in [6, 6.07) is -0.0612. The van der Waals surface area contributed by atoms with Gasteiger partial charge in [-0.1, -0.05) is 13.8 Å². The van der Waals surface area contributed by atoms with Gasteiger partial charge in [-0.3, -0.25) is 14.5 Å². The van der Waals surface area contributed by atoms with E-state index in [-0.39, 0.29) is 18.4 Å². The maximum absolute atomic E-state index is 11.2. The maximum Gasteiger partial charge on any atom is 0.305 e. The molecule has 0 aromatic rings. The molecule has 5 nitrogen and oxygen atoms in total. The van der Waals surface area contributed by atoms with Crippen molar-refractivity contribution in [1.29, 1.82) is 0 Å². The van der Waals surface area contributed by atoms with Crippen LogP contribution in [-0.4, -0.2) is 47.6 Å². The highest BCUT2D eigenvalue weighted by molar-refractivity contribution is 5.79. The highest BCUT2D eigenvalue weighted by Crippen LogP contribution is 2.11. The van der Waals surface area contributed by atoms with Crippen molar-refractivity contribution in [2.45, 2.75) is 32.7 Å². The van der Waals surface area contributed by atoms with E-state index in [0.29, 0.717) is 19.0 Å². The van der Waals surface area contributed by atoms with Gasteiger partial charge < -0.3 is 10.4 Å². The summed E-state index contributed by atoms with van der Waals surface area (Å²) in [5, 5.41) is 11.5. The monoisotopic (exact) mass is 228 g/mol. The Hall–Kier alpha value is -1.10.